The average molecular weight is 549 g/mol. The molecule has 8 nitrogen and oxygen atoms in total. The number of aryl methyl sites for hydroxylation is 1. The van der Waals surface area contributed by atoms with Gasteiger partial charge in [-0.1, -0.05) is 55.3 Å². The van der Waals surface area contributed by atoms with Gasteiger partial charge in [0, 0.05) is 10.9 Å². The van der Waals surface area contributed by atoms with Gasteiger partial charge in [-0.3, -0.25) is 19.3 Å². The molecule has 0 radical (unpaired) electrons. The van der Waals surface area contributed by atoms with E-state index in [-0.39, 0.29) is 40.5 Å². The lowest BCUT2D eigenvalue weighted by Crippen LogP contribution is -2.30. The lowest BCUT2D eigenvalue weighted by Gasteiger charge is -2.19. The van der Waals surface area contributed by atoms with Crippen LogP contribution >= 0.6 is 0 Å². The number of anilines is 1. The molecule has 3 aromatic carbocycles. The number of para-hydroxylation sites is 2. The van der Waals surface area contributed by atoms with Gasteiger partial charge in [0.1, 0.15) is 5.75 Å². The first-order chi connectivity index (χ1) is 19.8. The Hall–Kier alpha value is -4.85. The maximum atomic E-state index is 13.3. The normalized spacial score (nSPS) is 18.4. The van der Waals surface area contributed by atoms with Gasteiger partial charge in [-0.05, 0) is 55.7 Å². The number of aromatic hydroxyl groups is 1. The Balaban J connectivity index is 1.29. The highest BCUT2D eigenvalue weighted by Crippen LogP contribution is 2.40. The molecule has 1 aromatic heterocycles. The number of hydrogen-bond acceptors (Lipinski definition) is 7. The van der Waals surface area contributed by atoms with Crippen molar-refractivity contribution in [1.29, 1.82) is 0 Å². The Morgan fingerprint density at radius 1 is 0.902 bits per heavy atom. The highest BCUT2D eigenvalue weighted by atomic mass is 16.5. The van der Waals surface area contributed by atoms with Crippen molar-refractivity contribution in [3.63, 3.8) is 0 Å². The molecular weight excluding hydrogens is 520 g/mol. The largest absolute Gasteiger partial charge is 0.507 e. The summed E-state index contributed by atoms with van der Waals surface area (Å²) < 4.78 is 5.39. The molecule has 41 heavy (non-hydrogen) atoms. The topological polar surface area (TPSA) is 114 Å². The van der Waals surface area contributed by atoms with E-state index in [0.29, 0.717) is 27.8 Å². The summed E-state index contributed by atoms with van der Waals surface area (Å²) in [4.78, 5) is 58.0. The quantitative estimate of drug-likeness (QED) is 0.189. The molecule has 206 valence electrons. The fourth-order valence-electron chi connectivity index (χ4n) is 5.90. The molecule has 1 aliphatic carbocycles. The van der Waals surface area contributed by atoms with Gasteiger partial charge in [0.25, 0.3) is 0 Å². The van der Waals surface area contributed by atoms with Gasteiger partial charge in [-0.2, -0.15) is 0 Å². The molecule has 1 N–H and O–H groups in total. The Bertz CT molecular complexity index is 1690. The fraction of sp³-hybridized carbons (Fsp3) is 0.242. The number of carbonyl (C=O) groups excluding carboxylic acids is 4. The number of aromatic nitrogens is 1. The number of hydrogen-bond donors (Lipinski definition) is 1. The van der Waals surface area contributed by atoms with Crippen LogP contribution in [0.5, 0.6) is 5.75 Å². The minimum Gasteiger partial charge on any atom is -0.507 e. The van der Waals surface area contributed by atoms with Crippen molar-refractivity contribution in [2.75, 3.05) is 11.5 Å². The molecule has 1 aliphatic heterocycles. The lowest BCUT2D eigenvalue weighted by atomic mass is 9.81. The zero-order valence-corrected chi connectivity index (χ0v) is 22.5. The summed E-state index contributed by atoms with van der Waals surface area (Å²) in [5.41, 5.74) is 3.51. The third-order valence-corrected chi connectivity index (χ3v) is 8.06. The predicted octanol–water partition coefficient (Wildman–Crippen LogP) is 5.64. The minimum absolute atomic E-state index is 0.0747. The summed E-state index contributed by atoms with van der Waals surface area (Å²) in [6, 6.07) is 20.2. The van der Waals surface area contributed by atoms with E-state index < -0.39 is 18.4 Å². The van der Waals surface area contributed by atoms with Crippen molar-refractivity contribution in [3.05, 3.63) is 89.5 Å². The molecule has 1 saturated carbocycles. The van der Waals surface area contributed by atoms with Crippen LogP contribution in [0.25, 0.3) is 22.2 Å². The number of Topliss-reactive ketones (excluding diaryl/α,β-unsaturated/α-hetero) is 1. The van der Waals surface area contributed by atoms with E-state index in [1.807, 2.05) is 19.1 Å². The van der Waals surface area contributed by atoms with E-state index in [9.17, 15) is 24.3 Å². The van der Waals surface area contributed by atoms with Gasteiger partial charge >= 0.3 is 5.97 Å². The third kappa shape index (κ3) is 4.75. The average Bonchev–Trinajstić information content (AvgIpc) is 3.25. The van der Waals surface area contributed by atoms with Gasteiger partial charge in [0.05, 0.1) is 39.9 Å². The van der Waals surface area contributed by atoms with E-state index in [2.05, 4.69) is 0 Å². The zero-order valence-electron chi connectivity index (χ0n) is 22.5. The number of amides is 2. The summed E-state index contributed by atoms with van der Waals surface area (Å²) in [6.45, 7) is 1.36. The highest BCUT2D eigenvalue weighted by molar-refractivity contribution is 6.22. The van der Waals surface area contributed by atoms with Crippen molar-refractivity contribution in [1.82, 2.24) is 4.98 Å². The second-order valence-corrected chi connectivity index (χ2v) is 10.6. The standard InChI is InChI=1S/C33H28N2O6/c1-19-7-6-11-22-26(33(40)41-18-29(37)25-10-4-5-12-28(25)36)17-27(34-30(19)22)20-13-15-21(16-14-20)35-31(38)23-8-2-3-9-24(23)32(35)39/h4-7,10-17,23-24,36H,2-3,8-9,18H2,1H3. The molecule has 2 heterocycles. The maximum Gasteiger partial charge on any atom is 0.339 e. The molecule has 6 rings (SSSR count). The number of pyridine rings is 1. The molecule has 2 aliphatic rings. The van der Waals surface area contributed by atoms with Gasteiger partial charge in [0.2, 0.25) is 17.6 Å². The number of benzene rings is 3. The molecule has 0 bridgehead atoms. The van der Waals surface area contributed by atoms with Crippen LogP contribution in [0, 0.1) is 18.8 Å². The summed E-state index contributed by atoms with van der Waals surface area (Å²) in [5, 5.41) is 10.5. The Morgan fingerprint density at radius 2 is 1.59 bits per heavy atom. The summed E-state index contributed by atoms with van der Waals surface area (Å²) >= 11 is 0. The number of rotatable bonds is 6. The fourth-order valence-corrected chi connectivity index (χ4v) is 5.90. The van der Waals surface area contributed by atoms with Crippen LogP contribution < -0.4 is 4.90 Å². The van der Waals surface area contributed by atoms with Crippen LogP contribution in [0.1, 0.15) is 52.0 Å². The minimum atomic E-state index is -0.694. The van der Waals surface area contributed by atoms with Crippen LogP contribution in [-0.4, -0.2) is 40.3 Å². The molecule has 2 atom stereocenters. The molecule has 1 saturated heterocycles. The number of ether oxygens (including phenoxy) is 1. The van der Waals surface area contributed by atoms with Gasteiger partial charge in [-0.25, -0.2) is 9.78 Å². The molecule has 8 heteroatoms. The first-order valence-corrected chi connectivity index (χ1v) is 13.7. The van der Waals surface area contributed by atoms with Gasteiger partial charge in [0.15, 0.2) is 6.61 Å². The highest BCUT2D eigenvalue weighted by Gasteiger charge is 2.48. The number of phenolic OH excluding ortho intramolecular Hbond substituents is 1. The maximum absolute atomic E-state index is 13.3. The van der Waals surface area contributed by atoms with Crippen LogP contribution in [0.2, 0.25) is 0 Å². The monoisotopic (exact) mass is 548 g/mol. The number of phenols is 1. The zero-order chi connectivity index (χ0) is 28.7. The van der Waals surface area contributed by atoms with Crippen LogP contribution in [0.4, 0.5) is 5.69 Å². The number of carbonyl (C=O) groups is 4. The summed E-state index contributed by atoms with van der Waals surface area (Å²) in [6.07, 6.45) is 3.43. The van der Waals surface area contributed by atoms with E-state index in [4.69, 9.17) is 9.72 Å². The summed E-state index contributed by atoms with van der Waals surface area (Å²) in [7, 11) is 0. The Morgan fingerprint density at radius 3 is 2.27 bits per heavy atom. The number of imide groups is 1. The second-order valence-electron chi connectivity index (χ2n) is 10.6. The second kappa shape index (κ2) is 10.6. The number of nitrogens with zero attached hydrogens (tertiary/aromatic N) is 2. The van der Waals surface area contributed by atoms with Crippen LogP contribution in [-0.2, 0) is 14.3 Å². The van der Waals surface area contributed by atoms with Crippen molar-refractivity contribution < 1.29 is 29.0 Å². The molecule has 4 aromatic rings. The van der Waals surface area contributed by atoms with Crippen molar-refractivity contribution in [3.8, 4) is 17.0 Å². The Labute approximate surface area is 236 Å². The number of fused-ring (bicyclic) bond motifs is 2. The molecular formula is C33H28N2O6. The molecule has 0 spiro atoms. The predicted molar refractivity (Wildman–Crippen MR) is 153 cm³/mol. The van der Waals surface area contributed by atoms with E-state index >= 15 is 0 Å². The first-order valence-electron chi connectivity index (χ1n) is 13.7. The third-order valence-electron chi connectivity index (χ3n) is 8.06. The molecule has 2 fully saturated rings. The van der Waals surface area contributed by atoms with Crippen LogP contribution in [0.3, 0.4) is 0 Å². The first kappa shape index (κ1) is 26.4. The molecule has 2 unspecified atom stereocenters. The Kier molecular flexibility index (Phi) is 6.83. The van der Waals surface area contributed by atoms with E-state index in [0.717, 1.165) is 31.2 Å². The van der Waals surface area contributed by atoms with Gasteiger partial charge < -0.3 is 9.84 Å². The number of ketones is 1. The van der Waals surface area contributed by atoms with Crippen LogP contribution in [0.15, 0.2) is 72.8 Å². The number of esters is 1. The van der Waals surface area contributed by atoms with Crippen molar-refractivity contribution in [2.45, 2.75) is 32.6 Å². The van der Waals surface area contributed by atoms with E-state index in [1.54, 1.807) is 48.5 Å². The smallest absolute Gasteiger partial charge is 0.339 e. The SMILES string of the molecule is Cc1cccc2c(C(=O)OCC(=O)c3ccccc3O)cc(-c3ccc(N4C(=O)C5CCCCC5C4=O)cc3)nc12. The van der Waals surface area contributed by atoms with Crippen molar-refractivity contribution >= 4 is 40.2 Å². The lowest BCUT2D eigenvalue weighted by molar-refractivity contribution is -0.122. The summed E-state index contributed by atoms with van der Waals surface area (Å²) in [5.74, 6) is -2.11. The van der Waals surface area contributed by atoms with Gasteiger partial charge in [-0.15, -0.1) is 0 Å². The van der Waals surface area contributed by atoms with E-state index in [1.165, 1.54) is 17.0 Å². The van der Waals surface area contributed by atoms with Crippen molar-refractivity contribution in [2.24, 2.45) is 11.8 Å². The molecule has 2 amide bonds.